The first kappa shape index (κ1) is 22.2. The molecule has 34 heavy (non-hydrogen) atoms. The Bertz CT molecular complexity index is 1250. The van der Waals surface area contributed by atoms with Crippen molar-refractivity contribution in [3.63, 3.8) is 0 Å². The zero-order chi connectivity index (χ0) is 23.9. The van der Waals surface area contributed by atoms with E-state index in [9.17, 15) is 14.4 Å². The van der Waals surface area contributed by atoms with E-state index >= 15 is 0 Å². The number of carbonyl (C=O) groups excluding carboxylic acids is 3. The predicted molar refractivity (Wildman–Crippen MR) is 125 cm³/mol. The Morgan fingerprint density at radius 2 is 1.26 bits per heavy atom. The highest BCUT2D eigenvalue weighted by molar-refractivity contribution is 6.51. The lowest BCUT2D eigenvalue weighted by Gasteiger charge is -2.29. The van der Waals surface area contributed by atoms with Crippen molar-refractivity contribution in [1.29, 1.82) is 0 Å². The number of rotatable bonds is 6. The van der Waals surface area contributed by atoms with Crippen molar-refractivity contribution in [2.24, 2.45) is 9.98 Å². The Kier molecular flexibility index (Phi) is 6.58. The summed E-state index contributed by atoms with van der Waals surface area (Å²) in [6, 6.07) is 9.88. The molecule has 3 aromatic rings. The van der Waals surface area contributed by atoms with Crippen LogP contribution in [-0.4, -0.2) is 62.5 Å². The van der Waals surface area contributed by atoms with Gasteiger partial charge in [0.1, 0.15) is 0 Å². The van der Waals surface area contributed by atoms with Gasteiger partial charge in [0.15, 0.2) is 5.84 Å². The van der Waals surface area contributed by atoms with Crippen LogP contribution in [-0.2, 0) is 14.4 Å². The fourth-order valence-electron chi connectivity index (χ4n) is 2.97. The first-order valence-electron chi connectivity index (χ1n) is 10.0. The van der Waals surface area contributed by atoms with Crippen molar-refractivity contribution in [1.82, 2.24) is 19.9 Å². The second-order valence-corrected chi connectivity index (χ2v) is 7.00. The van der Waals surface area contributed by atoms with E-state index in [0.717, 1.165) is 0 Å². The van der Waals surface area contributed by atoms with Crippen molar-refractivity contribution in [2.75, 3.05) is 23.0 Å². The number of nitrogens with zero attached hydrogens (tertiary/aromatic N) is 6. The standard InChI is InChI=1S/C22H19N9O3/c1-31-18(21(33)27-15-6-3-9-24-12-15)29-17(20(32)26-14-5-2-8-23-11-14)30-19(31)22(34)28-16-7-4-10-25-13-16/h2-13,18H,1H3,(H,26,32)(H,27,33)(H,28,34). The van der Waals surface area contributed by atoms with Crippen molar-refractivity contribution >= 4 is 46.5 Å². The summed E-state index contributed by atoms with van der Waals surface area (Å²) in [6.45, 7) is 0. The van der Waals surface area contributed by atoms with Crippen LogP contribution in [0.15, 0.2) is 83.6 Å². The number of anilines is 3. The highest BCUT2D eigenvalue weighted by atomic mass is 16.2. The van der Waals surface area contributed by atoms with E-state index in [1.165, 1.54) is 30.5 Å². The molecule has 3 aromatic heterocycles. The van der Waals surface area contributed by atoms with Gasteiger partial charge in [0.25, 0.3) is 17.7 Å². The van der Waals surface area contributed by atoms with Crippen molar-refractivity contribution < 1.29 is 14.4 Å². The van der Waals surface area contributed by atoms with Gasteiger partial charge in [-0.15, -0.1) is 0 Å². The van der Waals surface area contributed by atoms with Crippen LogP contribution in [0.3, 0.4) is 0 Å². The highest BCUT2D eigenvalue weighted by Crippen LogP contribution is 2.15. The molecule has 4 heterocycles. The fourth-order valence-corrected chi connectivity index (χ4v) is 2.97. The van der Waals surface area contributed by atoms with Crippen molar-refractivity contribution in [2.45, 2.75) is 6.17 Å². The van der Waals surface area contributed by atoms with Crippen LogP contribution < -0.4 is 16.0 Å². The summed E-state index contributed by atoms with van der Waals surface area (Å²) in [6.07, 6.45) is 7.80. The molecule has 0 saturated carbocycles. The van der Waals surface area contributed by atoms with E-state index in [1.807, 2.05) is 0 Å². The lowest BCUT2D eigenvalue weighted by Crippen LogP contribution is -2.51. The molecule has 4 rings (SSSR count). The first-order chi connectivity index (χ1) is 16.5. The maximum atomic E-state index is 13.0. The van der Waals surface area contributed by atoms with E-state index in [1.54, 1.807) is 55.0 Å². The number of pyridine rings is 3. The SMILES string of the molecule is CN1C(C(=O)Nc2cccnc2)=NC(C(=O)Nc2cccnc2)=NC1C(=O)Nc1cccnc1. The molecule has 170 valence electrons. The number of nitrogens with one attached hydrogen (secondary N) is 3. The van der Waals surface area contributed by atoms with E-state index in [-0.39, 0.29) is 11.7 Å². The minimum absolute atomic E-state index is 0.179. The first-order valence-corrected chi connectivity index (χ1v) is 10.0. The van der Waals surface area contributed by atoms with E-state index in [4.69, 9.17) is 0 Å². The summed E-state index contributed by atoms with van der Waals surface area (Å²) < 4.78 is 0. The van der Waals surface area contributed by atoms with Crippen LogP contribution in [0.4, 0.5) is 17.1 Å². The topological polar surface area (TPSA) is 154 Å². The molecule has 1 atom stereocenters. The maximum Gasteiger partial charge on any atom is 0.293 e. The predicted octanol–water partition coefficient (Wildman–Crippen LogP) is 1.16. The molecule has 12 nitrogen and oxygen atoms in total. The van der Waals surface area contributed by atoms with Gasteiger partial charge in [0.05, 0.1) is 35.7 Å². The summed E-state index contributed by atoms with van der Waals surface area (Å²) in [5.41, 5.74) is 1.26. The Morgan fingerprint density at radius 3 is 1.76 bits per heavy atom. The van der Waals surface area contributed by atoms with Gasteiger partial charge in [-0.05, 0) is 36.4 Å². The molecule has 0 saturated heterocycles. The minimum Gasteiger partial charge on any atom is -0.325 e. The van der Waals surface area contributed by atoms with E-state index in [0.29, 0.717) is 17.1 Å². The number of aromatic nitrogens is 3. The second-order valence-electron chi connectivity index (χ2n) is 7.00. The zero-order valence-electron chi connectivity index (χ0n) is 17.9. The number of hydrogen-bond acceptors (Lipinski definition) is 9. The number of amidine groups is 2. The molecule has 0 fully saturated rings. The van der Waals surface area contributed by atoms with Gasteiger partial charge in [0, 0.05) is 25.6 Å². The third kappa shape index (κ3) is 5.24. The molecule has 3 amide bonds. The average Bonchev–Trinajstić information content (AvgIpc) is 2.86. The number of aliphatic imine (C=N–C) groups is 2. The van der Waals surface area contributed by atoms with Gasteiger partial charge in [0.2, 0.25) is 12.0 Å². The maximum absolute atomic E-state index is 13.0. The third-order valence-corrected chi connectivity index (χ3v) is 4.57. The molecule has 1 aliphatic heterocycles. The zero-order valence-corrected chi connectivity index (χ0v) is 17.9. The summed E-state index contributed by atoms with van der Waals surface area (Å²) in [5, 5.41) is 7.92. The average molecular weight is 457 g/mol. The molecule has 1 aliphatic rings. The molecule has 0 bridgehead atoms. The number of carbonyl (C=O) groups is 3. The molecule has 0 aliphatic carbocycles. The molecule has 0 radical (unpaired) electrons. The van der Waals surface area contributed by atoms with Gasteiger partial charge in [-0.2, -0.15) is 0 Å². The Balaban J connectivity index is 1.62. The molecule has 0 aromatic carbocycles. The van der Waals surface area contributed by atoms with Crippen LogP contribution in [0.5, 0.6) is 0 Å². The Hall–Kier alpha value is -5.00. The smallest absolute Gasteiger partial charge is 0.293 e. The molecule has 1 unspecified atom stereocenters. The molecule has 0 spiro atoms. The normalized spacial score (nSPS) is 15.0. The number of amides is 3. The monoisotopic (exact) mass is 457 g/mol. The van der Waals surface area contributed by atoms with Gasteiger partial charge in [-0.1, -0.05) is 0 Å². The lowest BCUT2D eigenvalue weighted by molar-refractivity contribution is -0.119. The van der Waals surface area contributed by atoms with Crippen LogP contribution in [0.2, 0.25) is 0 Å². The van der Waals surface area contributed by atoms with Crippen molar-refractivity contribution in [3.05, 3.63) is 73.6 Å². The van der Waals surface area contributed by atoms with E-state index in [2.05, 4.69) is 40.9 Å². The Morgan fingerprint density at radius 1 is 0.765 bits per heavy atom. The van der Waals surface area contributed by atoms with Gasteiger partial charge in [-0.3, -0.25) is 29.3 Å². The summed E-state index contributed by atoms with van der Waals surface area (Å²) in [4.78, 5) is 60.3. The summed E-state index contributed by atoms with van der Waals surface area (Å²) in [7, 11) is 1.48. The van der Waals surface area contributed by atoms with Crippen LogP contribution >= 0.6 is 0 Å². The largest absolute Gasteiger partial charge is 0.325 e. The van der Waals surface area contributed by atoms with Crippen LogP contribution in [0.1, 0.15) is 0 Å². The van der Waals surface area contributed by atoms with Gasteiger partial charge >= 0.3 is 0 Å². The van der Waals surface area contributed by atoms with Gasteiger partial charge in [-0.25, -0.2) is 9.98 Å². The third-order valence-electron chi connectivity index (χ3n) is 4.57. The molecule has 12 heteroatoms. The van der Waals surface area contributed by atoms with Crippen molar-refractivity contribution in [3.8, 4) is 0 Å². The van der Waals surface area contributed by atoms with Crippen LogP contribution in [0.25, 0.3) is 0 Å². The fraction of sp³-hybridized carbons (Fsp3) is 0.0909. The lowest BCUT2D eigenvalue weighted by atomic mass is 10.3. The Labute approximate surface area is 193 Å². The molecule has 3 N–H and O–H groups in total. The number of hydrogen-bond donors (Lipinski definition) is 3. The number of likely N-dealkylation sites (N-methyl/N-ethyl adjacent to an activating group) is 1. The van der Waals surface area contributed by atoms with Gasteiger partial charge < -0.3 is 20.9 Å². The second kappa shape index (κ2) is 10.1. The van der Waals surface area contributed by atoms with E-state index < -0.39 is 23.9 Å². The minimum atomic E-state index is -1.25. The summed E-state index contributed by atoms with van der Waals surface area (Å²) >= 11 is 0. The quantitative estimate of drug-likeness (QED) is 0.502. The molecular weight excluding hydrogens is 438 g/mol. The molecular formula is C22H19N9O3. The van der Waals surface area contributed by atoms with Crippen LogP contribution in [0, 0.1) is 0 Å². The highest BCUT2D eigenvalue weighted by Gasteiger charge is 2.35. The summed E-state index contributed by atoms with van der Waals surface area (Å²) in [5.74, 6) is -2.45.